The number of pyridine rings is 4. The molecule has 0 aliphatic carbocycles. The number of ether oxygens (including phenoxy) is 1. The molecule has 0 spiro atoms. The highest BCUT2D eigenvalue weighted by Crippen LogP contribution is 2.43. The van der Waals surface area contributed by atoms with E-state index in [1.165, 1.54) is 18.2 Å². The van der Waals surface area contributed by atoms with E-state index in [0.717, 1.165) is 108 Å². The molecule has 0 fully saturated rings. The molecule has 0 aliphatic rings. The number of sulfone groups is 3. The first kappa shape index (κ1) is 74.6. The summed E-state index contributed by atoms with van der Waals surface area (Å²) in [5.74, 6) is 1.96. The van der Waals surface area contributed by atoms with Crippen molar-refractivity contribution in [2.75, 3.05) is 37.3 Å². The molecular weight excluding hydrogens is 1360 g/mol. The van der Waals surface area contributed by atoms with Crippen molar-refractivity contribution >= 4 is 41.3 Å². The summed E-state index contributed by atoms with van der Waals surface area (Å²) >= 11 is 0. The summed E-state index contributed by atoms with van der Waals surface area (Å²) in [6, 6.07) is 51.7. The lowest BCUT2D eigenvalue weighted by Gasteiger charge is -2.34. The minimum absolute atomic E-state index is 0.0493. The van der Waals surface area contributed by atoms with Gasteiger partial charge in [0.1, 0.15) is 11.6 Å². The predicted octanol–water partition coefficient (Wildman–Crippen LogP) is 13.1. The summed E-state index contributed by atoms with van der Waals surface area (Å²) < 4.78 is 75.1. The Balaban J connectivity index is 0.000000166. The highest BCUT2D eigenvalue weighted by molar-refractivity contribution is 7.91. The van der Waals surface area contributed by atoms with Gasteiger partial charge in [0.15, 0.2) is 44.6 Å². The van der Waals surface area contributed by atoms with E-state index in [0.29, 0.717) is 22.9 Å². The van der Waals surface area contributed by atoms with Crippen molar-refractivity contribution < 1.29 is 30.0 Å². The summed E-state index contributed by atoms with van der Waals surface area (Å²) in [4.78, 5) is 26.7. The van der Waals surface area contributed by atoms with Crippen molar-refractivity contribution in [2.45, 2.75) is 94.1 Å². The molecule has 3 unspecified atom stereocenters. The summed E-state index contributed by atoms with van der Waals surface area (Å²) in [6.07, 6.45) is 15.5. The molecule has 12 aromatic rings. The number of hydrogen-bond acceptors (Lipinski definition) is 23. The van der Waals surface area contributed by atoms with Crippen molar-refractivity contribution in [3.63, 3.8) is 0 Å². The van der Waals surface area contributed by atoms with Crippen LogP contribution in [-0.2, 0) is 40.3 Å². The quantitative estimate of drug-likeness (QED) is 0.0805. The number of rotatable bonds is 18. The number of nitrogens with two attached hydrogens (primary N) is 2. The second-order valence-corrected chi connectivity index (χ2v) is 32.9. The van der Waals surface area contributed by atoms with Crippen LogP contribution in [0.4, 0.5) is 11.8 Å². The van der Waals surface area contributed by atoms with Crippen LogP contribution in [0.1, 0.15) is 102 Å². The molecule has 0 saturated carbocycles. The second kappa shape index (κ2) is 30.6. The third kappa shape index (κ3) is 17.5. The van der Waals surface area contributed by atoms with Gasteiger partial charge < -0.3 is 16.2 Å². The average molecular weight is 1440 g/mol. The fourth-order valence-electron chi connectivity index (χ4n) is 11.7. The van der Waals surface area contributed by atoms with Crippen molar-refractivity contribution in [1.82, 2.24) is 70.7 Å². The molecule has 9 aromatic heterocycles. The Morgan fingerprint density at radius 2 is 0.748 bits per heavy atom. The zero-order chi connectivity index (χ0) is 74.2. The van der Waals surface area contributed by atoms with E-state index in [1.807, 2.05) is 66.9 Å². The minimum Gasteiger partial charge on any atom is -0.495 e. The van der Waals surface area contributed by atoms with Crippen LogP contribution in [0.5, 0.6) is 5.75 Å². The number of anilines is 2. The molecule has 26 heteroatoms. The van der Waals surface area contributed by atoms with Crippen LogP contribution in [-0.4, -0.2) is 122 Å². The maximum absolute atomic E-state index is 11.6. The third-order valence-electron chi connectivity index (χ3n) is 18.3. The third-order valence-corrected chi connectivity index (χ3v) is 21.2. The molecule has 0 aliphatic heterocycles. The van der Waals surface area contributed by atoms with Gasteiger partial charge in [-0.1, -0.05) is 121 Å². The zero-order valence-corrected chi connectivity index (χ0v) is 61.8. The number of hydrogen-bond donors (Lipinski definition) is 2. The summed E-state index contributed by atoms with van der Waals surface area (Å²) in [7, 11) is -8.54. The van der Waals surface area contributed by atoms with Crippen LogP contribution in [0.15, 0.2) is 222 Å². The summed E-state index contributed by atoms with van der Waals surface area (Å²) in [5.41, 5.74) is 26.4. The maximum atomic E-state index is 11.6. The Hall–Kier alpha value is -11.1. The van der Waals surface area contributed by atoms with Gasteiger partial charge in [0.05, 0.1) is 47.5 Å². The van der Waals surface area contributed by atoms with Gasteiger partial charge in [-0.2, -0.15) is 0 Å². The van der Waals surface area contributed by atoms with Gasteiger partial charge in [-0.05, 0) is 150 Å². The molecule has 103 heavy (non-hydrogen) atoms. The van der Waals surface area contributed by atoms with Gasteiger partial charge in [-0.15, -0.1) is 40.8 Å². The molecule has 0 amide bonds. The van der Waals surface area contributed by atoms with Crippen LogP contribution in [0.25, 0.3) is 67.3 Å². The van der Waals surface area contributed by atoms with Crippen LogP contribution in [0.3, 0.4) is 0 Å². The van der Waals surface area contributed by atoms with Gasteiger partial charge in [-0.3, -0.25) is 19.9 Å². The number of nitrogen functional groups attached to an aromatic ring is 2. The van der Waals surface area contributed by atoms with E-state index in [2.05, 4.69) is 179 Å². The molecule has 4 N–H and O–H groups in total. The van der Waals surface area contributed by atoms with E-state index in [9.17, 15) is 25.3 Å². The Morgan fingerprint density at radius 1 is 0.369 bits per heavy atom. The van der Waals surface area contributed by atoms with Crippen LogP contribution in [0.2, 0.25) is 0 Å². The van der Waals surface area contributed by atoms with Gasteiger partial charge in [-0.25, -0.2) is 35.2 Å². The largest absolute Gasteiger partial charge is 0.495 e. The molecular formula is C77H80N16O7S3. The SMILES string of the molecule is CC(C)C(C)(c1ccc(-c2ccc(N)nn2)cc1)c1ccc(-c2ccc(S(C)(=O)=O)nn2)cn1.CC(C)C(C)(c1ccc(-c2cnc(N)nc2)cc1)c1ccc(-c2ccc(S(C)(=O)=O)nn2)cn1.COc1cncc(-c2ccc(C(c3ccc(-c4ccc(S(C)(=O)=O)nn4)cn3)C(C)(C)C)cc2)c1. The lowest BCUT2D eigenvalue weighted by atomic mass is 9.70. The van der Waals surface area contributed by atoms with E-state index < -0.39 is 29.5 Å². The first-order valence-electron chi connectivity index (χ1n) is 32.7. The van der Waals surface area contributed by atoms with Gasteiger partial charge in [0, 0.05) is 112 Å². The maximum Gasteiger partial charge on any atom is 0.219 e. The lowest BCUT2D eigenvalue weighted by molar-refractivity contribution is 0.353. The molecule has 9 heterocycles. The Labute approximate surface area is 601 Å². The van der Waals surface area contributed by atoms with Crippen molar-refractivity contribution in [3.05, 3.63) is 241 Å². The predicted molar refractivity (Wildman–Crippen MR) is 399 cm³/mol. The Morgan fingerprint density at radius 3 is 1.11 bits per heavy atom. The molecule has 528 valence electrons. The van der Waals surface area contributed by atoms with Crippen LogP contribution in [0, 0.1) is 17.3 Å². The molecule has 23 nitrogen and oxygen atoms in total. The van der Waals surface area contributed by atoms with E-state index in [1.54, 1.807) is 68.6 Å². The van der Waals surface area contributed by atoms with Gasteiger partial charge >= 0.3 is 0 Å². The lowest BCUT2D eigenvalue weighted by Crippen LogP contribution is -2.31. The van der Waals surface area contributed by atoms with Gasteiger partial charge in [0.25, 0.3) is 0 Å². The molecule has 0 bridgehead atoms. The average Bonchev–Trinajstić information content (AvgIpc) is 0.779. The molecule has 12 rings (SSSR count). The van der Waals surface area contributed by atoms with Crippen molar-refractivity contribution in [1.29, 1.82) is 0 Å². The van der Waals surface area contributed by atoms with Crippen molar-refractivity contribution in [2.24, 2.45) is 17.3 Å². The number of nitrogens with zero attached hydrogens (tertiary/aromatic N) is 14. The zero-order valence-electron chi connectivity index (χ0n) is 59.4. The van der Waals surface area contributed by atoms with Crippen LogP contribution >= 0.6 is 0 Å². The second-order valence-electron chi connectivity index (χ2n) is 27.0. The van der Waals surface area contributed by atoms with Crippen LogP contribution < -0.4 is 16.2 Å². The molecule has 0 radical (unpaired) electrons. The fraction of sp³-hybridized carbons (Fsp3) is 0.247. The summed E-state index contributed by atoms with van der Waals surface area (Å²) in [6.45, 7) is 19.6. The van der Waals surface area contributed by atoms with E-state index in [-0.39, 0.29) is 55.0 Å². The van der Waals surface area contributed by atoms with E-state index in [4.69, 9.17) is 31.2 Å². The Bertz CT molecular complexity index is 5020. The number of methoxy groups -OCH3 is 1. The molecule has 0 saturated heterocycles. The first-order chi connectivity index (χ1) is 48.7. The number of aromatic nitrogens is 14. The Kier molecular flexibility index (Phi) is 22.2. The monoisotopic (exact) mass is 1440 g/mol. The summed E-state index contributed by atoms with van der Waals surface area (Å²) in [5, 5.41) is 31.6. The van der Waals surface area contributed by atoms with E-state index >= 15 is 0 Å². The number of benzene rings is 3. The molecule has 3 aromatic carbocycles. The smallest absolute Gasteiger partial charge is 0.219 e. The van der Waals surface area contributed by atoms with Crippen molar-refractivity contribution in [3.8, 4) is 73.0 Å². The topological polar surface area (TPSA) is 344 Å². The molecule has 3 atom stereocenters. The standard InChI is InChI=1S/C27H28N4O3S.2C25H26N6O2S/c1-27(2,3)26(19-8-6-18(7-9-19)21-14-22(34-4)17-28-15-21)24-11-10-20(16-29-24)23-12-13-25(31-30-23)35(5,32)33;1-16(2)25(3,19-8-5-17(6-9-19)20-10-13-23(26)30-28-20)22-12-7-18(15-27-22)21-11-14-24(31-29-21)34(4,32)33;1-16(2)25(3,20-8-5-17(6-9-20)19-14-28-24(26)29-15-19)22-11-7-18(13-27-22)21-10-12-23(31-30-21)34(4,32)33/h6-17,26H,1-5H3;5-16H,1-4H3,(H2,26,30);5-16H,1-4H3,(H2,26,28,29). The van der Waals surface area contributed by atoms with Gasteiger partial charge in [0.2, 0.25) is 5.95 Å². The highest BCUT2D eigenvalue weighted by Gasteiger charge is 2.36. The fourth-order valence-corrected chi connectivity index (χ4v) is 13.2. The highest BCUT2D eigenvalue weighted by atomic mass is 32.2. The normalized spacial score (nSPS) is 13.3. The first-order valence-corrected chi connectivity index (χ1v) is 38.4. The minimum atomic E-state index is -3.39.